The van der Waals surface area contributed by atoms with E-state index in [0.717, 1.165) is 17.9 Å². The second-order valence-corrected chi connectivity index (χ2v) is 12.0. The van der Waals surface area contributed by atoms with Crippen LogP contribution in [-0.2, 0) is 11.1 Å². The largest absolute Gasteiger partial charge is 0.488 e. The van der Waals surface area contributed by atoms with Gasteiger partial charge in [0.1, 0.15) is 28.5 Å². The third-order valence-electron chi connectivity index (χ3n) is 8.16. The normalized spacial score (nSPS) is 13.4. The van der Waals surface area contributed by atoms with Gasteiger partial charge in [0.25, 0.3) is 0 Å². The molecule has 0 heterocycles. The minimum Gasteiger partial charge on any atom is -0.488 e. The summed E-state index contributed by atoms with van der Waals surface area (Å²) in [5, 5.41) is 0. The zero-order valence-electron chi connectivity index (χ0n) is 25.3. The Morgan fingerprint density at radius 1 is 0.585 bits per heavy atom. The molecule has 0 aromatic heterocycles. The van der Waals surface area contributed by atoms with Crippen molar-refractivity contribution in [2.45, 2.75) is 78.0 Å². The molecule has 3 nitrogen and oxygen atoms in total. The number of halogens is 1. The molecule has 0 aliphatic rings. The molecule has 1 unspecified atom stereocenters. The van der Waals surface area contributed by atoms with E-state index in [2.05, 4.69) is 58.9 Å². The number of hydrogen-bond donors (Lipinski definition) is 0. The van der Waals surface area contributed by atoms with Crippen molar-refractivity contribution in [3.63, 3.8) is 0 Å². The zero-order valence-corrected chi connectivity index (χ0v) is 25.3. The van der Waals surface area contributed by atoms with E-state index in [1.54, 1.807) is 55.5 Å². The minimum absolute atomic E-state index is 0.111. The molecule has 1 atom stereocenters. The van der Waals surface area contributed by atoms with Crippen molar-refractivity contribution in [1.29, 1.82) is 0 Å². The molecule has 4 aromatic carbocycles. The summed E-state index contributed by atoms with van der Waals surface area (Å²) in [5.74, 6) is 2.13. The zero-order chi connectivity index (χ0) is 29.8. The number of benzene rings is 4. The number of rotatable bonds is 11. The standard InChI is InChI=1S/C37H41FO3/c1-8-35(3,4)41-33-24-18-29(19-25-33)36(5,6)28-16-22-32(23-17-28)40-31-20-12-27(13-21-31)34(39)26-10-14-30(15-11-26)37(7,38)9-2/h10-25H,8-9H2,1-7H3. The highest BCUT2D eigenvalue weighted by Gasteiger charge is 2.25. The topological polar surface area (TPSA) is 35.5 Å². The van der Waals surface area contributed by atoms with Gasteiger partial charge in [-0.2, -0.15) is 0 Å². The number of ether oxygens (including phenoxy) is 2. The smallest absolute Gasteiger partial charge is 0.193 e. The van der Waals surface area contributed by atoms with Crippen molar-refractivity contribution in [2.75, 3.05) is 0 Å². The predicted molar refractivity (Wildman–Crippen MR) is 165 cm³/mol. The Morgan fingerprint density at radius 3 is 1.41 bits per heavy atom. The average Bonchev–Trinajstić information content (AvgIpc) is 2.97. The van der Waals surface area contributed by atoms with Gasteiger partial charge in [-0.3, -0.25) is 4.79 Å². The van der Waals surface area contributed by atoms with Gasteiger partial charge in [0, 0.05) is 16.5 Å². The van der Waals surface area contributed by atoms with Gasteiger partial charge in [-0.05, 0) is 98.8 Å². The van der Waals surface area contributed by atoms with Crippen molar-refractivity contribution in [3.05, 3.63) is 125 Å². The van der Waals surface area contributed by atoms with E-state index >= 15 is 0 Å². The lowest BCUT2D eigenvalue weighted by Gasteiger charge is -2.28. The van der Waals surface area contributed by atoms with Crippen LogP contribution in [0.25, 0.3) is 0 Å². The molecule has 0 radical (unpaired) electrons. The van der Waals surface area contributed by atoms with Gasteiger partial charge >= 0.3 is 0 Å². The van der Waals surface area contributed by atoms with Crippen LogP contribution in [0.15, 0.2) is 97.1 Å². The van der Waals surface area contributed by atoms with E-state index in [1.165, 1.54) is 11.1 Å². The summed E-state index contributed by atoms with van der Waals surface area (Å²) < 4.78 is 26.7. The lowest BCUT2D eigenvalue weighted by Crippen LogP contribution is -2.26. The maximum atomic E-state index is 14.6. The number of carbonyl (C=O) groups is 1. The SMILES string of the molecule is CCC(C)(C)Oc1ccc(C(C)(C)c2ccc(Oc3ccc(C(=O)c4ccc(C(C)(F)CC)cc4)cc3)cc2)cc1. The maximum absolute atomic E-state index is 14.6. The maximum Gasteiger partial charge on any atom is 0.193 e. The predicted octanol–water partition coefficient (Wildman–Crippen LogP) is 10.2. The van der Waals surface area contributed by atoms with Gasteiger partial charge in [-0.1, -0.05) is 76.2 Å². The molecule has 0 saturated carbocycles. The molecule has 0 amide bonds. The third kappa shape index (κ3) is 7.05. The second kappa shape index (κ2) is 11.9. The van der Waals surface area contributed by atoms with E-state index in [1.807, 2.05) is 31.2 Å². The fraction of sp³-hybridized carbons (Fsp3) is 0.324. The average molecular weight is 553 g/mol. The summed E-state index contributed by atoms with van der Waals surface area (Å²) in [6.45, 7) is 14.1. The van der Waals surface area contributed by atoms with Crippen molar-refractivity contribution in [3.8, 4) is 17.2 Å². The lowest BCUT2D eigenvalue weighted by molar-refractivity contribution is 0.103. The Labute approximate surface area is 244 Å². The van der Waals surface area contributed by atoms with E-state index in [-0.39, 0.29) is 16.8 Å². The molecule has 0 bridgehead atoms. The first-order valence-corrected chi connectivity index (χ1v) is 14.4. The van der Waals surface area contributed by atoms with Crippen LogP contribution in [0.2, 0.25) is 0 Å². The van der Waals surface area contributed by atoms with Crippen LogP contribution >= 0.6 is 0 Å². The lowest BCUT2D eigenvalue weighted by atomic mass is 9.78. The summed E-state index contributed by atoms with van der Waals surface area (Å²) in [5.41, 5.74) is 2.24. The van der Waals surface area contributed by atoms with Crippen LogP contribution in [-0.4, -0.2) is 11.4 Å². The van der Waals surface area contributed by atoms with Gasteiger partial charge in [-0.25, -0.2) is 4.39 Å². The fourth-order valence-electron chi connectivity index (χ4n) is 4.59. The molecule has 4 rings (SSSR count). The summed E-state index contributed by atoms with van der Waals surface area (Å²) in [7, 11) is 0. The van der Waals surface area contributed by atoms with Crippen molar-refractivity contribution >= 4 is 5.78 Å². The van der Waals surface area contributed by atoms with Gasteiger partial charge in [0.05, 0.1) is 0 Å². The van der Waals surface area contributed by atoms with Crippen LogP contribution in [0.1, 0.15) is 93.9 Å². The number of ketones is 1. The molecule has 4 aromatic rings. The number of carbonyl (C=O) groups excluding carboxylic acids is 1. The van der Waals surface area contributed by atoms with Crippen LogP contribution in [0.3, 0.4) is 0 Å². The number of alkyl halides is 1. The molecule has 0 saturated heterocycles. The monoisotopic (exact) mass is 552 g/mol. The van der Waals surface area contributed by atoms with E-state index in [0.29, 0.717) is 28.9 Å². The first kappa shape index (κ1) is 30.0. The molecule has 0 aliphatic heterocycles. The molecule has 0 fully saturated rings. The van der Waals surface area contributed by atoms with E-state index < -0.39 is 5.67 Å². The van der Waals surface area contributed by atoms with Gasteiger partial charge in [0.2, 0.25) is 0 Å². The Morgan fingerprint density at radius 2 is 0.976 bits per heavy atom. The highest BCUT2D eigenvalue weighted by molar-refractivity contribution is 6.09. The quantitative estimate of drug-likeness (QED) is 0.174. The minimum atomic E-state index is -1.40. The Kier molecular flexibility index (Phi) is 8.72. The molecule has 0 aliphatic carbocycles. The molecule has 4 heteroatoms. The van der Waals surface area contributed by atoms with Crippen LogP contribution in [0.5, 0.6) is 17.2 Å². The summed E-state index contributed by atoms with van der Waals surface area (Å²) in [6.07, 6.45) is 1.32. The highest BCUT2D eigenvalue weighted by Crippen LogP contribution is 2.35. The molecule has 0 N–H and O–H groups in total. The Balaban J connectivity index is 1.40. The summed E-state index contributed by atoms with van der Waals surface area (Å²) >= 11 is 0. The van der Waals surface area contributed by atoms with E-state index in [9.17, 15) is 9.18 Å². The van der Waals surface area contributed by atoms with Crippen molar-refractivity contribution in [2.24, 2.45) is 0 Å². The molecule has 0 spiro atoms. The van der Waals surface area contributed by atoms with Crippen molar-refractivity contribution in [1.82, 2.24) is 0 Å². The summed E-state index contributed by atoms with van der Waals surface area (Å²) in [6, 6.07) is 30.3. The Bertz CT molecular complexity index is 1450. The van der Waals surface area contributed by atoms with Gasteiger partial charge in [-0.15, -0.1) is 0 Å². The molecule has 214 valence electrons. The third-order valence-corrected chi connectivity index (χ3v) is 8.16. The highest BCUT2D eigenvalue weighted by atomic mass is 19.1. The summed E-state index contributed by atoms with van der Waals surface area (Å²) in [4.78, 5) is 12.9. The first-order chi connectivity index (χ1) is 19.3. The van der Waals surface area contributed by atoms with Crippen LogP contribution in [0.4, 0.5) is 4.39 Å². The van der Waals surface area contributed by atoms with Crippen molar-refractivity contribution < 1.29 is 18.7 Å². The van der Waals surface area contributed by atoms with Gasteiger partial charge in [0.15, 0.2) is 5.78 Å². The van der Waals surface area contributed by atoms with Crippen LogP contribution < -0.4 is 9.47 Å². The second-order valence-electron chi connectivity index (χ2n) is 12.0. The van der Waals surface area contributed by atoms with Gasteiger partial charge < -0.3 is 9.47 Å². The first-order valence-electron chi connectivity index (χ1n) is 14.4. The fourth-order valence-corrected chi connectivity index (χ4v) is 4.59. The molecule has 41 heavy (non-hydrogen) atoms. The van der Waals surface area contributed by atoms with E-state index in [4.69, 9.17) is 9.47 Å². The molecular formula is C37H41FO3. The number of hydrogen-bond acceptors (Lipinski definition) is 3. The van der Waals surface area contributed by atoms with Crippen LogP contribution in [0, 0.1) is 0 Å². The molecular weight excluding hydrogens is 511 g/mol. The Hall–Kier alpha value is -3.92.